The van der Waals surface area contributed by atoms with E-state index in [1.807, 2.05) is 12.1 Å². The first-order chi connectivity index (χ1) is 17.9. The molecule has 0 heterocycles. The molecule has 0 saturated heterocycles. The third kappa shape index (κ3) is 11.8. The fraction of sp³-hybridized carbons (Fsp3) is 0.483. The molecule has 0 N–H and O–H groups in total. The van der Waals surface area contributed by atoms with Crippen LogP contribution in [0.1, 0.15) is 71.6 Å². The van der Waals surface area contributed by atoms with Crippen molar-refractivity contribution < 1.29 is 14.5 Å². The molecule has 0 radical (unpaired) electrons. The van der Waals surface area contributed by atoms with Crippen molar-refractivity contribution in [2.75, 3.05) is 24.6 Å². The maximum atomic E-state index is 11.3. The van der Waals surface area contributed by atoms with Gasteiger partial charge in [-0.3, -0.25) is 10.1 Å². The first kappa shape index (κ1) is 29.7. The number of benzene rings is 2. The van der Waals surface area contributed by atoms with Crippen LogP contribution in [0.2, 0.25) is 0 Å². The van der Waals surface area contributed by atoms with E-state index in [4.69, 9.17) is 4.74 Å². The minimum absolute atomic E-state index is 0.0374. The number of hydrogen-bond acceptors (Lipinski definition) is 7. The van der Waals surface area contributed by atoms with Crippen molar-refractivity contribution in [1.82, 2.24) is 0 Å². The van der Waals surface area contributed by atoms with Gasteiger partial charge in [-0.15, -0.1) is 0 Å². The lowest BCUT2D eigenvalue weighted by Gasteiger charge is -2.23. The highest BCUT2D eigenvalue weighted by atomic mass is 16.6. The largest absolute Gasteiger partial charge is 0.462 e. The highest BCUT2D eigenvalue weighted by Gasteiger charge is 2.06. The Labute approximate surface area is 220 Å². The molecule has 8 nitrogen and oxygen atoms in total. The molecule has 0 amide bonds. The van der Waals surface area contributed by atoms with Gasteiger partial charge in [0, 0.05) is 36.5 Å². The van der Waals surface area contributed by atoms with Crippen LogP contribution >= 0.6 is 0 Å². The quantitative estimate of drug-likeness (QED) is 0.0502. The first-order valence-electron chi connectivity index (χ1n) is 13.2. The van der Waals surface area contributed by atoms with Gasteiger partial charge in [-0.05, 0) is 63.1 Å². The van der Waals surface area contributed by atoms with E-state index in [9.17, 15) is 14.9 Å². The lowest BCUT2D eigenvalue weighted by molar-refractivity contribution is -0.384. The van der Waals surface area contributed by atoms with Gasteiger partial charge in [0.15, 0.2) is 0 Å². The molecule has 0 spiro atoms. The van der Waals surface area contributed by atoms with E-state index in [1.165, 1.54) is 62.8 Å². The molecule has 37 heavy (non-hydrogen) atoms. The van der Waals surface area contributed by atoms with Crippen molar-refractivity contribution in [3.63, 3.8) is 0 Å². The number of carbonyl (C=O) groups is 1. The van der Waals surface area contributed by atoms with Crippen molar-refractivity contribution in [1.29, 1.82) is 0 Å². The third-order valence-electron chi connectivity index (χ3n) is 6.09. The molecule has 2 aromatic carbocycles. The Hall–Kier alpha value is -3.55. The molecular weight excluding hydrogens is 468 g/mol. The van der Waals surface area contributed by atoms with Crippen LogP contribution in [0.15, 0.2) is 70.9 Å². The molecule has 2 aromatic rings. The van der Waals surface area contributed by atoms with E-state index in [0.717, 1.165) is 31.6 Å². The minimum Gasteiger partial charge on any atom is -0.462 e. The number of nitro groups is 1. The van der Waals surface area contributed by atoms with Crippen LogP contribution in [-0.2, 0) is 9.53 Å². The number of carbonyl (C=O) groups excluding carboxylic acids is 1. The summed E-state index contributed by atoms with van der Waals surface area (Å²) in [5.74, 6) is -0.290. The highest BCUT2D eigenvalue weighted by molar-refractivity contribution is 5.86. The molecule has 0 aromatic heterocycles. The standard InChI is InChI=1S/C29H40N4O4/c1-4-32(22-12-10-8-6-5-7-9-11-13-23-37-29(34)24(2)3)27-18-14-25(15-19-27)30-31-26-16-20-28(21-17-26)33(35)36/h14-21H,2,4-13,22-23H2,1,3H3. The van der Waals surface area contributed by atoms with E-state index in [1.54, 1.807) is 19.1 Å². The van der Waals surface area contributed by atoms with E-state index in [-0.39, 0.29) is 11.7 Å². The lowest BCUT2D eigenvalue weighted by Crippen LogP contribution is -2.23. The van der Waals surface area contributed by atoms with E-state index >= 15 is 0 Å². The average Bonchev–Trinajstić information content (AvgIpc) is 2.90. The molecule has 8 heteroatoms. The molecule has 200 valence electrons. The lowest BCUT2D eigenvalue weighted by atomic mass is 10.1. The maximum absolute atomic E-state index is 11.3. The summed E-state index contributed by atoms with van der Waals surface area (Å²) in [4.78, 5) is 24.0. The minimum atomic E-state index is -0.432. The second-order valence-electron chi connectivity index (χ2n) is 9.17. The fourth-order valence-corrected chi connectivity index (χ4v) is 3.89. The number of hydrogen-bond donors (Lipinski definition) is 0. The summed E-state index contributed by atoms with van der Waals surface area (Å²) >= 11 is 0. The van der Waals surface area contributed by atoms with Gasteiger partial charge in [-0.25, -0.2) is 4.79 Å². The van der Waals surface area contributed by atoms with Crippen LogP contribution in [-0.4, -0.2) is 30.6 Å². The number of rotatable bonds is 18. The molecule has 0 aliphatic carbocycles. The van der Waals surface area contributed by atoms with Gasteiger partial charge in [0.05, 0.1) is 22.9 Å². The molecule has 0 aliphatic heterocycles. The molecule has 0 saturated carbocycles. The molecule has 0 fully saturated rings. The van der Waals surface area contributed by atoms with E-state index in [2.05, 4.69) is 40.8 Å². The Morgan fingerprint density at radius 2 is 1.35 bits per heavy atom. The van der Waals surface area contributed by atoms with Gasteiger partial charge in [-0.1, -0.05) is 51.5 Å². The smallest absolute Gasteiger partial charge is 0.333 e. The molecular formula is C29H40N4O4. The highest BCUT2D eigenvalue weighted by Crippen LogP contribution is 2.24. The Bertz CT molecular complexity index is 1000. The second-order valence-corrected chi connectivity index (χ2v) is 9.17. The summed E-state index contributed by atoms with van der Waals surface area (Å²) in [5, 5.41) is 19.1. The Morgan fingerprint density at radius 3 is 1.84 bits per heavy atom. The predicted octanol–water partition coefficient (Wildman–Crippen LogP) is 8.47. The van der Waals surface area contributed by atoms with Crippen LogP contribution in [0.5, 0.6) is 0 Å². The number of azo groups is 1. The summed E-state index contributed by atoms with van der Waals surface area (Å²) in [5.41, 5.74) is 2.99. The summed E-state index contributed by atoms with van der Waals surface area (Å²) < 4.78 is 5.11. The Balaban J connectivity index is 1.59. The number of anilines is 1. The Morgan fingerprint density at radius 1 is 0.865 bits per heavy atom. The molecule has 0 aliphatic rings. The fourth-order valence-electron chi connectivity index (χ4n) is 3.89. The summed E-state index contributed by atoms with van der Waals surface area (Å²) in [7, 11) is 0. The third-order valence-corrected chi connectivity index (χ3v) is 6.09. The van der Waals surface area contributed by atoms with Crippen molar-refractivity contribution in [3.05, 3.63) is 70.8 Å². The van der Waals surface area contributed by atoms with E-state index < -0.39 is 4.92 Å². The van der Waals surface area contributed by atoms with Crippen LogP contribution < -0.4 is 4.90 Å². The van der Waals surface area contributed by atoms with Crippen LogP contribution in [0.25, 0.3) is 0 Å². The predicted molar refractivity (Wildman–Crippen MR) is 149 cm³/mol. The van der Waals surface area contributed by atoms with Gasteiger partial charge in [0.25, 0.3) is 5.69 Å². The topological polar surface area (TPSA) is 97.4 Å². The van der Waals surface area contributed by atoms with Gasteiger partial charge in [0.2, 0.25) is 0 Å². The SMILES string of the molecule is C=C(C)C(=O)OCCCCCCCCCCCN(CC)c1ccc(N=Nc2ccc([N+](=O)[O-])cc2)cc1. The molecule has 0 atom stereocenters. The monoisotopic (exact) mass is 508 g/mol. The van der Waals surface area contributed by atoms with Gasteiger partial charge < -0.3 is 9.64 Å². The van der Waals surface area contributed by atoms with Crippen molar-refractivity contribution in [2.45, 2.75) is 71.6 Å². The summed E-state index contributed by atoms with van der Waals surface area (Å²) in [6.07, 6.45) is 10.7. The van der Waals surface area contributed by atoms with Gasteiger partial charge >= 0.3 is 5.97 Å². The molecule has 2 rings (SSSR count). The maximum Gasteiger partial charge on any atom is 0.333 e. The zero-order valence-corrected chi connectivity index (χ0v) is 22.2. The number of nitrogens with zero attached hydrogens (tertiary/aromatic N) is 4. The van der Waals surface area contributed by atoms with Crippen LogP contribution in [0, 0.1) is 10.1 Å². The number of unbranched alkanes of at least 4 members (excludes halogenated alkanes) is 8. The van der Waals surface area contributed by atoms with Crippen LogP contribution in [0.3, 0.4) is 0 Å². The first-order valence-corrected chi connectivity index (χ1v) is 13.2. The van der Waals surface area contributed by atoms with Crippen molar-refractivity contribution in [3.8, 4) is 0 Å². The van der Waals surface area contributed by atoms with Gasteiger partial charge in [0.1, 0.15) is 0 Å². The number of non-ortho nitro benzene ring substituents is 1. The van der Waals surface area contributed by atoms with Gasteiger partial charge in [-0.2, -0.15) is 10.2 Å². The number of nitro benzene ring substituents is 1. The second kappa shape index (κ2) is 17.0. The summed E-state index contributed by atoms with van der Waals surface area (Å²) in [6, 6.07) is 14.0. The Kier molecular flexibility index (Phi) is 13.6. The zero-order valence-electron chi connectivity index (χ0n) is 22.2. The number of esters is 1. The van der Waals surface area contributed by atoms with Crippen molar-refractivity contribution >= 4 is 28.7 Å². The van der Waals surface area contributed by atoms with Crippen LogP contribution in [0.4, 0.5) is 22.7 Å². The number of ether oxygens (including phenoxy) is 1. The van der Waals surface area contributed by atoms with E-state index in [0.29, 0.717) is 17.9 Å². The molecule has 0 unspecified atom stereocenters. The van der Waals surface area contributed by atoms with Crippen molar-refractivity contribution in [2.24, 2.45) is 10.2 Å². The summed E-state index contributed by atoms with van der Waals surface area (Å²) in [6.45, 7) is 9.89. The average molecular weight is 509 g/mol. The zero-order chi connectivity index (χ0) is 26.9. The molecule has 0 bridgehead atoms. The normalized spacial score (nSPS) is 11.0.